The number of ether oxygens (including phenoxy) is 2. The molecule has 6 nitrogen and oxygen atoms in total. The average molecular weight is 325 g/mol. The number of benzene rings is 1. The van der Waals surface area contributed by atoms with Gasteiger partial charge in [0.15, 0.2) is 0 Å². The summed E-state index contributed by atoms with van der Waals surface area (Å²) in [5.41, 5.74) is 2.43. The van der Waals surface area contributed by atoms with Crippen molar-refractivity contribution in [2.24, 2.45) is 0 Å². The minimum Gasteiger partial charge on any atom is -0.497 e. The van der Waals surface area contributed by atoms with Gasteiger partial charge in [0, 0.05) is 12.0 Å². The predicted octanol–water partition coefficient (Wildman–Crippen LogP) is 3.77. The van der Waals surface area contributed by atoms with Gasteiger partial charge < -0.3 is 14.0 Å². The number of methoxy groups -OCH3 is 2. The summed E-state index contributed by atoms with van der Waals surface area (Å²) < 4.78 is 15.9. The Bertz CT molecular complexity index is 830. The van der Waals surface area contributed by atoms with Gasteiger partial charge in [-0.1, -0.05) is 24.2 Å². The number of pyridine rings is 1. The van der Waals surface area contributed by atoms with Crippen LogP contribution < -0.4 is 9.47 Å². The van der Waals surface area contributed by atoms with Crippen molar-refractivity contribution < 1.29 is 14.0 Å². The summed E-state index contributed by atoms with van der Waals surface area (Å²) >= 11 is 0. The molecule has 0 aliphatic carbocycles. The Hall–Kier alpha value is -2.89. The molecule has 3 rings (SSSR count). The first-order chi connectivity index (χ1) is 11.7. The molecule has 124 valence electrons. The molecular formula is C18H19N3O3. The van der Waals surface area contributed by atoms with Crippen LogP contribution in [0.2, 0.25) is 0 Å². The average Bonchev–Trinajstić information content (AvgIpc) is 3.10. The maximum absolute atomic E-state index is 5.42. The molecule has 0 amide bonds. The zero-order chi connectivity index (χ0) is 16.9. The van der Waals surface area contributed by atoms with E-state index >= 15 is 0 Å². The lowest BCUT2D eigenvalue weighted by atomic mass is 10.1. The zero-order valence-electron chi connectivity index (χ0n) is 13.9. The van der Waals surface area contributed by atoms with Gasteiger partial charge in [-0.05, 0) is 30.7 Å². The fraction of sp³-hybridized carbons (Fsp3) is 0.278. The molecule has 24 heavy (non-hydrogen) atoms. The van der Waals surface area contributed by atoms with Crippen molar-refractivity contribution in [3.8, 4) is 34.3 Å². The number of hydrogen-bond acceptors (Lipinski definition) is 6. The van der Waals surface area contributed by atoms with Crippen molar-refractivity contribution in [1.82, 2.24) is 15.1 Å². The molecule has 3 aromatic rings. The highest BCUT2D eigenvalue weighted by Crippen LogP contribution is 2.30. The lowest BCUT2D eigenvalue weighted by molar-refractivity contribution is 0.376. The highest BCUT2D eigenvalue weighted by Gasteiger charge is 2.15. The van der Waals surface area contributed by atoms with Crippen LogP contribution in [-0.4, -0.2) is 29.3 Å². The number of nitrogens with zero attached hydrogens (tertiary/aromatic N) is 3. The summed E-state index contributed by atoms with van der Waals surface area (Å²) in [6.07, 6.45) is 1.70. The number of aromatic nitrogens is 3. The van der Waals surface area contributed by atoms with Crippen LogP contribution in [-0.2, 0) is 6.42 Å². The second-order valence-electron chi connectivity index (χ2n) is 5.25. The monoisotopic (exact) mass is 325 g/mol. The third kappa shape index (κ3) is 3.22. The topological polar surface area (TPSA) is 70.3 Å². The fourth-order valence-corrected chi connectivity index (χ4v) is 2.39. The lowest BCUT2D eigenvalue weighted by Crippen LogP contribution is -1.95. The molecule has 0 saturated carbocycles. The highest BCUT2D eigenvalue weighted by molar-refractivity contribution is 5.68. The first-order valence-corrected chi connectivity index (χ1v) is 7.77. The van der Waals surface area contributed by atoms with E-state index in [1.54, 1.807) is 14.2 Å². The van der Waals surface area contributed by atoms with Gasteiger partial charge >= 0.3 is 0 Å². The van der Waals surface area contributed by atoms with Crippen LogP contribution in [0.25, 0.3) is 22.6 Å². The normalized spacial score (nSPS) is 10.6. The lowest BCUT2D eigenvalue weighted by Gasteiger charge is -2.08. The number of hydrogen-bond donors (Lipinski definition) is 0. The molecule has 0 atom stereocenters. The van der Waals surface area contributed by atoms with E-state index in [0.29, 0.717) is 23.2 Å². The molecule has 0 N–H and O–H groups in total. The van der Waals surface area contributed by atoms with Crippen LogP contribution >= 0.6 is 0 Å². The Balaban J connectivity index is 1.98. The third-order valence-corrected chi connectivity index (χ3v) is 3.59. The van der Waals surface area contributed by atoms with Crippen LogP contribution in [0.4, 0.5) is 0 Å². The second-order valence-corrected chi connectivity index (χ2v) is 5.25. The first-order valence-electron chi connectivity index (χ1n) is 7.77. The Morgan fingerprint density at radius 2 is 1.92 bits per heavy atom. The van der Waals surface area contributed by atoms with E-state index in [1.807, 2.05) is 36.4 Å². The molecule has 6 heteroatoms. The summed E-state index contributed by atoms with van der Waals surface area (Å²) in [5.74, 6) is 2.34. The van der Waals surface area contributed by atoms with Gasteiger partial charge in [0.05, 0.1) is 25.5 Å². The van der Waals surface area contributed by atoms with Crippen LogP contribution in [0.15, 0.2) is 40.9 Å². The molecule has 0 aliphatic heterocycles. The summed E-state index contributed by atoms with van der Waals surface area (Å²) in [6.45, 7) is 2.06. The van der Waals surface area contributed by atoms with Gasteiger partial charge in [-0.15, -0.1) is 0 Å². The first kappa shape index (κ1) is 16.0. The SMILES string of the molecule is CCCc1nc(-c2ccc(-c3cccc(OC)c3)nc2OC)no1. The van der Waals surface area contributed by atoms with Gasteiger partial charge in [-0.25, -0.2) is 4.98 Å². The summed E-state index contributed by atoms with van der Waals surface area (Å²) in [4.78, 5) is 8.96. The molecular weight excluding hydrogens is 306 g/mol. The predicted molar refractivity (Wildman–Crippen MR) is 90.1 cm³/mol. The van der Waals surface area contributed by atoms with Crippen molar-refractivity contribution in [1.29, 1.82) is 0 Å². The molecule has 0 spiro atoms. The Labute approximate surface area is 140 Å². The van der Waals surface area contributed by atoms with Crippen molar-refractivity contribution in [3.05, 3.63) is 42.3 Å². The quantitative estimate of drug-likeness (QED) is 0.687. The van der Waals surface area contributed by atoms with E-state index in [0.717, 1.165) is 29.8 Å². The molecule has 1 aromatic carbocycles. The van der Waals surface area contributed by atoms with E-state index in [-0.39, 0.29) is 0 Å². The van der Waals surface area contributed by atoms with Crippen molar-refractivity contribution in [2.75, 3.05) is 14.2 Å². The largest absolute Gasteiger partial charge is 0.497 e. The molecule has 2 heterocycles. The zero-order valence-corrected chi connectivity index (χ0v) is 13.9. The molecule has 0 fully saturated rings. The maximum atomic E-state index is 5.42. The van der Waals surface area contributed by atoms with Gasteiger partial charge in [0.1, 0.15) is 5.75 Å². The number of rotatable bonds is 6. The van der Waals surface area contributed by atoms with Crippen molar-refractivity contribution in [2.45, 2.75) is 19.8 Å². The van der Waals surface area contributed by atoms with Crippen LogP contribution in [0, 0.1) is 0 Å². The Kier molecular flexibility index (Phi) is 4.74. The summed E-state index contributed by atoms with van der Waals surface area (Å²) in [6, 6.07) is 11.5. The van der Waals surface area contributed by atoms with E-state index in [4.69, 9.17) is 14.0 Å². The molecule has 0 bridgehead atoms. The number of aryl methyl sites for hydroxylation is 1. The van der Waals surface area contributed by atoms with Gasteiger partial charge in [0.25, 0.3) is 0 Å². The molecule has 2 aromatic heterocycles. The van der Waals surface area contributed by atoms with Crippen LogP contribution in [0.1, 0.15) is 19.2 Å². The second kappa shape index (κ2) is 7.12. The summed E-state index contributed by atoms with van der Waals surface area (Å²) in [7, 11) is 3.22. The maximum Gasteiger partial charge on any atom is 0.226 e. The van der Waals surface area contributed by atoms with E-state index in [1.165, 1.54) is 0 Å². The van der Waals surface area contributed by atoms with Crippen LogP contribution in [0.3, 0.4) is 0 Å². The fourth-order valence-electron chi connectivity index (χ4n) is 2.39. The smallest absolute Gasteiger partial charge is 0.226 e. The Morgan fingerprint density at radius 3 is 2.67 bits per heavy atom. The Morgan fingerprint density at radius 1 is 1.04 bits per heavy atom. The highest BCUT2D eigenvalue weighted by atomic mass is 16.5. The molecule has 0 aliphatic rings. The third-order valence-electron chi connectivity index (χ3n) is 3.59. The van der Waals surface area contributed by atoms with Gasteiger partial charge in [-0.3, -0.25) is 0 Å². The van der Waals surface area contributed by atoms with E-state index < -0.39 is 0 Å². The molecule has 0 unspecified atom stereocenters. The van der Waals surface area contributed by atoms with Crippen molar-refractivity contribution in [3.63, 3.8) is 0 Å². The van der Waals surface area contributed by atoms with Crippen molar-refractivity contribution >= 4 is 0 Å². The standard InChI is InChI=1S/C18H19N3O3/c1-4-6-16-20-17(21-24-16)14-9-10-15(19-18(14)23-3)12-7-5-8-13(11-12)22-2/h5,7-11H,4,6H2,1-3H3. The van der Waals surface area contributed by atoms with Gasteiger partial charge in [-0.2, -0.15) is 4.98 Å². The summed E-state index contributed by atoms with van der Waals surface area (Å²) in [5, 5.41) is 4.02. The minimum atomic E-state index is 0.458. The molecule has 0 saturated heterocycles. The van der Waals surface area contributed by atoms with Gasteiger partial charge in [0.2, 0.25) is 17.6 Å². The van der Waals surface area contributed by atoms with Crippen LogP contribution in [0.5, 0.6) is 11.6 Å². The molecule has 0 radical (unpaired) electrons. The van der Waals surface area contributed by atoms with E-state index in [2.05, 4.69) is 22.0 Å². The van der Waals surface area contributed by atoms with E-state index in [9.17, 15) is 0 Å². The minimum absolute atomic E-state index is 0.458.